The van der Waals surface area contributed by atoms with Crippen LogP contribution >= 0.6 is 15.9 Å². The monoisotopic (exact) mass is 310 g/mol. The minimum atomic E-state index is -0.615. The quantitative estimate of drug-likeness (QED) is 0.886. The van der Waals surface area contributed by atoms with Gasteiger partial charge in [0.15, 0.2) is 0 Å². The number of aromatic amines is 1. The maximum Gasteiger partial charge on any atom is 0.331 e. The fraction of sp³-hybridized carbons (Fsp3) is 0.167. The molecule has 0 radical (unpaired) electrons. The molecule has 2 N–H and O–H groups in total. The molecule has 6 heteroatoms. The molecular weight excluding hydrogens is 300 g/mol. The fourth-order valence-corrected chi connectivity index (χ4v) is 2.24. The Hall–Kier alpha value is -1.82. The summed E-state index contributed by atoms with van der Waals surface area (Å²) in [5, 5.41) is 10.1. The maximum atomic E-state index is 11.8. The molecule has 0 atom stereocenters. The van der Waals surface area contributed by atoms with Crippen LogP contribution in [0.1, 0.15) is 6.92 Å². The van der Waals surface area contributed by atoms with Crippen LogP contribution in [-0.4, -0.2) is 14.7 Å². The summed E-state index contributed by atoms with van der Waals surface area (Å²) >= 11 is 3.32. The van der Waals surface area contributed by atoms with Gasteiger partial charge in [0.25, 0.3) is 5.56 Å². The van der Waals surface area contributed by atoms with E-state index in [0.29, 0.717) is 10.0 Å². The van der Waals surface area contributed by atoms with Crippen molar-refractivity contribution in [3.05, 3.63) is 49.6 Å². The van der Waals surface area contributed by atoms with Gasteiger partial charge in [-0.15, -0.1) is 0 Å². The number of hydrogen-bond donors (Lipinski definition) is 2. The van der Waals surface area contributed by atoms with Crippen LogP contribution in [0.25, 0.3) is 11.1 Å². The van der Waals surface area contributed by atoms with Crippen molar-refractivity contribution in [1.29, 1.82) is 0 Å². The molecule has 1 heterocycles. The lowest BCUT2D eigenvalue weighted by atomic mass is 10.1. The van der Waals surface area contributed by atoms with Crippen molar-refractivity contribution < 1.29 is 5.11 Å². The number of rotatable bonds is 2. The summed E-state index contributed by atoms with van der Waals surface area (Å²) in [6, 6.07) is 7.00. The van der Waals surface area contributed by atoms with E-state index in [4.69, 9.17) is 0 Å². The van der Waals surface area contributed by atoms with Gasteiger partial charge in [0.05, 0.1) is 0 Å². The largest absolute Gasteiger partial charge is 0.494 e. The lowest BCUT2D eigenvalue weighted by Crippen LogP contribution is -2.30. The summed E-state index contributed by atoms with van der Waals surface area (Å²) in [5.41, 5.74) is -0.590. The molecule has 0 aliphatic carbocycles. The highest BCUT2D eigenvalue weighted by Gasteiger charge is 2.16. The number of aromatic nitrogens is 2. The molecule has 94 valence electrons. The van der Waals surface area contributed by atoms with Crippen molar-refractivity contribution in [2.24, 2.45) is 0 Å². The smallest absolute Gasteiger partial charge is 0.331 e. The highest BCUT2D eigenvalue weighted by Crippen LogP contribution is 2.30. The Morgan fingerprint density at radius 1 is 1.33 bits per heavy atom. The Morgan fingerprint density at radius 3 is 2.61 bits per heavy atom. The summed E-state index contributed by atoms with van der Waals surface area (Å²) in [5.74, 6) is -0.321. The number of H-pyrrole nitrogens is 1. The van der Waals surface area contributed by atoms with Gasteiger partial charge in [0.1, 0.15) is 5.56 Å². The molecule has 18 heavy (non-hydrogen) atoms. The first-order chi connectivity index (χ1) is 8.56. The highest BCUT2D eigenvalue weighted by molar-refractivity contribution is 9.10. The van der Waals surface area contributed by atoms with E-state index in [9.17, 15) is 14.7 Å². The zero-order valence-corrected chi connectivity index (χ0v) is 11.2. The maximum absolute atomic E-state index is 11.8. The van der Waals surface area contributed by atoms with Gasteiger partial charge in [0.2, 0.25) is 5.88 Å². The molecule has 1 aromatic heterocycles. The Bertz CT molecular complexity index is 703. The first kappa shape index (κ1) is 12.6. The fourth-order valence-electron chi connectivity index (χ4n) is 1.76. The summed E-state index contributed by atoms with van der Waals surface area (Å²) in [6.07, 6.45) is 0. The van der Waals surface area contributed by atoms with Gasteiger partial charge < -0.3 is 5.11 Å². The third-order valence-electron chi connectivity index (χ3n) is 2.63. The van der Waals surface area contributed by atoms with Gasteiger partial charge in [-0.3, -0.25) is 14.3 Å². The van der Waals surface area contributed by atoms with Crippen LogP contribution < -0.4 is 11.2 Å². The molecule has 0 saturated heterocycles. The number of benzene rings is 1. The summed E-state index contributed by atoms with van der Waals surface area (Å²) in [6.45, 7) is 1.99. The molecular formula is C12H11BrN2O3. The summed E-state index contributed by atoms with van der Waals surface area (Å²) < 4.78 is 1.78. The lowest BCUT2D eigenvalue weighted by Gasteiger charge is -2.10. The summed E-state index contributed by atoms with van der Waals surface area (Å²) in [4.78, 5) is 25.5. The molecule has 0 amide bonds. The number of hydrogen-bond acceptors (Lipinski definition) is 3. The molecule has 0 saturated carbocycles. The average molecular weight is 311 g/mol. The van der Waals surface area contributed by atoms with E-state index >= 15 is 0 Å². The Labute approximate surface area is 111 Å². The first-order valence-electron chi connectivity index (χ1n) is 5.37. The number of aromatic hydroxyl groups is 1. The topological polar surface area (TPSA) is 75.1 Å². The molecule has 5 nitrogen and oxygen atoms in total. The van der Waals surface area contributed by atoms with E-state index in [2.05, 4.69) is 20.9 Å². The third-order valence-corrected chi connectivity index (χ3v) is 3.32. The molecule has 2 rings (SSSR count). The lowest BCUT2D eigenvalue weighted by molar-refractivity contribution is 0.408. The van der Waals surface area contributed by atoms with Crippen LogP contribution in [0.5, 0.6) is 5.88 Å². The predicted octanol–water partition coefficient (Wildman–Crippen LogP) is 1.69. The SMILES string of the molecule is CCn1c(O)c(-c2ccccc2Br)c(=O)[nH]c1=O. The van der Waals surface area contributed by atoms with Gasteiger partial charge in [-0.25, -0.2) is 4.79 Å². The van der Waals surface area contributed by atoms with E-state index in [1.54, 1.807) is 31.2 Å². The second kappa shape index (κ2) is 4.81. The minimum Gasteiger partial charge on any atom is -0.494 e. The van der Waals surface area contributed by atoms with Crippen LogP contribution in [-0.2, 0) is 6.54 Å². The normalized spacial score (nSPS) is 10.6. The van der Waals surface area contributed by atoms with E-state index in [1.807, 2.05) is 0 Å². The van der Waals surface area contributed by atoms with Gasteiger partial charge >= 0.3 is 5.69 Å². The Morgan fingerprint density at radius 2 is 2.00 bits per heavy atom. The number of nitrogens with one attached hydrogen (secondary N) is 1. The van der Waals surface area contributed by atoms with Crippen molar-refractivity contribution in [1.82, 2.24) is 9.55 Å². The molecule has 2 aromatic rings. The molecule has 0 aliphatic heterocycles. The van der Waals surface area contributed by atoms with E-state index in [-0.39, 0.29) is 18.0 Å². The van der Waals surface area contributed by atoms with Crippen LogP contribution in [0.15, 0.2) is 38.3 Å². The third kappa shape index (κ3) is 1.99. The van der Waals surface area contributed by atoms with E-state index in [0.717, 1.165) is 4.57 Å². The van der Waals surface area contributed by atoms with Crippen LogP contribution in [0.3, 0.4) is 0 Å². The first-order valence-corrected chi connectivity index (χ1v) is 6.16. The van der Waals surface area contributed by atoms with Crippen molar-refractivity contribution in [3.8, 4) is 17.0 Å². The van der Waals surface area contributed by atoms with Gasteiger partial charge in [0, 0.05) is 16.6 Å². The zero-order valence-electron chi connectivity index (χ0n) is 9.61. The second-order valence-electron chi connectivity index (χ2n) is 3.68. The van der Waals surface area contributed by atoms with Gasteiger partial charge in [-0.1, -0.05) is 34.1 Å². The molecule has 0 unspecified atom stereocenters. The van der Waals surface area contributed by atoms with Crippen LogP contribution in [0.2, 0.25) is 0 Å². The van der Waals surface area contributed by atoms with Crippen molar-refractivity contribution in [2.75, 3.05) is 0 Å². The van der Waals surface area contributed by atoms with Crippen molar-refractivity contribution in [3.63, 3.8) is 0 Å². The van der Waals surface area contributed by atoms with Crippen LogP contribution in [0.4, 0.5) is 0 Å². The summed E-state index contributed by atoms with van der Waals surface area (Å²) in [7, 11) is 0. The number of nitrogens with zero attached hydrogens (tertiary/aromatic N) is 1. The highest BCUT2D eigenvalue weighted by atomic mass is 79.9. The van der Waals surface area contributed by atoms with Gasteiger partial charge in [-0.05, 0) is 13.0 Å². The zero-order chi connectivity index (χ0) is 13.3. The van der Waals surface area contributed by atoms with Crippen LogP contribution in [0, 0.1) is 0 Å². The standard InChI is InChI=1S/C12H11BrN2O3/c1-2-15-11(17)9(10(16)14-12(15)18)7-5-3-4-6-8(7)13/h3-6,17H,2H2,1H3,(H,14,16,18). The van der Waals surface area contributed by atoms with Gasteiger partial charge in [-0.2, -0.15) is 0 Å². The van der Waals surface area contributed by atoms with Crippen molar-refractivity contribution in [2.45, 2.75) is 13.5 Å². The number of halogens is 1. The molecule has 0 spiro atoms. The molecule has 0 bridgehead atoms. The van der Waals surface area contributed by atoms with Crippen molar-refractivity contribution >= 4 is 15.9 Å². The Kier molecular flexibility index (Phi) is 3.38. The second-order valence-corrected chi connectivity index (χ2v) is 4.54. The predicted molar refractivity (Wildman–Crippen MR) is 71.8 cm³/mol. The average Bonchev–Trinajstić information content (AvgIpc) is 2.31. The Balaban J connectivity index is 2.85. The molecule has 0 aliphatic rings. The molecule has 1 aromatic carbocycles. The van der Waals surface area contributed by atoms with E-state index < -0.39 is 11.2 Å². The molecule has 0 fully saturated rings. The minimum absolute atomic E-state index is 0.0870. The van der Waals surface area contributed by atoms with E-state index in [1.165, 1.54) is 0 Å².